The summed E-state index contributed by atoms with van der Waals surface area (Å²) < 4.78 is 4.71. The van der Waals surface area contributed by atoms with Gasteiger partial charge in [0.15, 0.2) is 0 Å². The van der Waals surface area contributed by atoms with Gasteiger partial charge < -0.3 is 15.0 Å². The Morgan fingerprint density at radius 3 is 2.56 bits per heavy atom. The van der Waals surface area contributed by atoms with Crippen LogP contribution >= 0.6 is 0 Å². The SMILES string of the molecule is CCCCN(/C=C(/C#N)C(=O)Nc1ccccc1C(=O)OC)CCC. The molecule has 0 aliphatic rings. The first-order valence-corrected chi connectivity index (χ1v) is 8.42. The summed E-state index contributed by atoms with van der Waals surface area (Å²) >= 11 is 0. The molecule has 0 atom stereocenters. The largest absolute Gasteiger partial charge is 0.465 e. The summed E-state index contributed by atoms with van der Waals surface area (Å²) in [5, 5.41) is 12.0. The lowest BCUT2D eigenvalue weighted by Crippen LogP contribution is -2.23. The van der Waals surface area contributed by atoms with E-state index in [1.165, 1.54) is 7.11 Å². The van der Waals surface area contributed by atoms with E-state index in [0.717, 1.165) is 32.4 Å². The van der Waals surface area contributed by atoms with Gasteiger partial charge in [-0.05, 0) is 25.0 Å². The predicted octanol–water partition coefficient (Wildman–Crippen LogP) is 3.33. The number of hydrogen-bond acceptors (Lipinski definition) is 5. The number of hydrogen-bond donors (Lipinski definition) is 1. The second-order valence-corrected chi connectivity index (χ2v) is 5.54. The number of carbonyl (C=O) groups excluding carboxylic acids is 2. The number of ether oxygens (including phenoxy) is 1. The van der Waals surface area contributed by atoms with Crippen molar-refractivity contribution in [3.05, 3.63) is 41.6 Å². The molecule has 6 heteroatoms. The van der Waals surface area contributed by atoms with Crippen molar-refractivity contribution >= 4 is 17.6 Å². The van der Waals surface area contributed by atoms with E-state index in [1.54, 1.807) is 30.5 Å². The first-order valence-electron chi connectivity index (χ1n) is 8.42. The molecule has 0 aliphatic heterocycles. The molecule has 0 aliphatic carbocycles. The van der Waals surface area contributed by atoms with Crippen LogP contribution in [0.5, 0.6) is 0 Å². The van der Waals surface area contributed by atoms with Gasteiger partial charge >= 0.3 is 5.97 Å². The molecule has 0 radical (unpaired) electrons. The van der Waals surface area contributed by atoms with Crippen LogP contribution in [0.3, 0.4) is 0 Å². The minimum atomic E-state index is -0.547. The fraction of sp³-hybridized carbons (Fsp3) is 0.421. The number of para-hydroxylation sites is 1. The fourth-order valence-electron chi connectivity index (χ4n) is 2.28. The van der Waals surface area contributed by atoms with Crippen LogP contribution in [-0.2, 0) is 9.53 Å². The molecular weight excluding hydrogens is 318 g/mol. The number of esters is 1. The molecule has 0 unspecified atom stereocenters. The van der Waals surface area contributed by atoms with E-state index in [4.69, 9.17) is 4.74 Å². The molecule has 0 saturated carbocycles. The highest BCUT2D eigenvalue weighted by atomic mass is 16.5. The molecule has 1 aromatic rings. The smallest absolute Gasteiger partial charge is 0.339 e. The van der Waals surface area contributed by atoms with Crippen LogP contribution in [0.2, 0.25) is 0 Å². The number of amides is 1. The average Bonchev–Trinajstić information content (AvgIpc) is 2.63. The molecule has 0 aromatic heterocycles. The first kappa shape index (κ1) is 20.2. The van der Waals surface area contributed by atoms with Crippen molar-refractivity contribution < 1.29 is 14.3 Å². The molecule has 0 bridgehead atoms. The predicted molar refractivity (Wildman–Crippen MR) is 96.9 cm³/mol. The zero-order valence-electron chi connectivity index (χ0n) is 15.0. The Hall–Kier alpha value is -2.81. The topological polar surface area (TPSA) is 82.4 Å². The van der Waals surface area contributed by atoms with E-state index in [-0.39, 0.29) is 11.1 Å². The lowest BCUT2D eigenvalue weighted by molar-refractivity contribution is -0.112. The van der Waals surface area contributed by atoms with E-state index < -0.39 is 11.9 Å². The summed E-state index contributed by atoms with van der Waals surface area (Å²) in [6.45, 7) is 5.71. The molecule has 0 heterocycles. The second-order valence-electron chi connectivity index (χ2n) is 5.54. The third-order valence-corrected chi connectivity index (χ3v) is 3.57. The van der Waals surface area contributed by atoms with Crippen LogP contribution in [0.1, 0.15) is 43.5 Å². The first-order chi connectivity index (χ1) is 12.1. The van der Waals surface area contributed by atoms with Crippen molar-refractivity contribution in [2.75, 3.05) is 25.5 Å². The summed E-state index contributed by atoms with van der Waals surface area (Å²) in [5.41, 5.74) is 0.562. The Kier molecular flexibility index (Phi) is 8.80. The van der Waals surface area contributed by atoms with Crippen LogP contribution in [0.4, 0.5) is 5.69 Å². The minimum Gasteiger partial charge on any atom is -0.465 e. The normalized spacial score (nSPS) is 10.7. The lowest BCUT2D eigenvalue weighted by atomic mass is 10.1. The number of benzene rings is 1. The van der Waals surface area contributed by atoms with E-state index in [9.17, 15) is 14.9 Å². The molecule has 1 N–H and O–H groups in total. The van der Waals surface area contributed by atoms with E-state index >= 15 is 0 Å². The van der Waals surface area contributed by atoms with E-state index in [2.05, 4.69) is 12.2 Å². The fourth-order valence-corrected chi connectivity index (χ4v) is 2.28. The third kappa shape index (κ3) is 6.30. The molecule has 0 saturated heterocycles. The summed E-state index contributed by atoms with van der Waals surface area (Å²) in [6, 6.07) is 8.47. The summed E-state index contributed by atoms with van der Waals surface area (Å²) in [4.78, 5) is 26.2. The standard InChI is InChI=1S/C19H25N3O3/c1-4-6-12-22(11-5-2)14-15(13-20)18(23)21-17-10-8-7-9-16(17)19(24)25-3/h7-10,14H,4-6,11-12H2,1-3H3,(H,21,23)/b15-14-. The summed E-state index contributed by atoms with van der Waals surface area (Å²) in [7, 11) is 1.28. The van der Waals surface area contributed by atoms with Crippen molar-refractivity contribution in [2.24, 2.45) is 0 Å². The monoisotopic (exact) mass is 343 g/mol. The van der Waals surface area contributed by atoms with Crippen LogP contribution in [-0.4, -0.2) is 37.0 Å². The zero-order valence-corrected chi connectivity index (χ0v) is 15.0. The quantitative estimate of drug-likeness (QED) is 0.422. The minimum absolute atomic E-state index is 0.00391. The highest BCUT2D eigenvalue weighted by Gasteiger charge is 2.16. The van der Waals surface area contributed by atoms with Gasteiger partial charge in [0.25, 0.3) is 5.91 Å². The van der Waals surface area contributed by atoms with Crippen molar-refractivity contribution in [1.82, 2.24) is 4.90 Å². The number of nitrogens with zero attached hydrogens (tertiary/aromatic N) is 2. The van der Waals surface area contributed by atoms with Crippen molar-refractivity contribution in [3.63, 3.8) is 0 Å². The second kappa shape index (κ2) is 10.9. The van der Waals surface area contributed by atoms with Gasteiger partial charge in [-0.15, -0.1) is 0 Å². The molecule has 25 heavy (non-hydrogen) atoms. The molecule has 134 valence electrons. The van der Waals surface area contributed by atoms with Gasteiger partial charge in [0.05, 0.1) is 18.4 Å². The Morgan fingerprint density at radius 2 is 1.96 bits per heavy atom. The number of nitrogens with one attached hydrogen (secondary N) is 1. The van der Waals surface area contributed by atoms with Crippen molar-refractivity contribution in [1.29, 1.82) is 5.26 Å². The molecular formula is C19H25N3O3. The molecule has 1 amide bonds. The van der Waals surface area contributed by atoms with Crippen molar-refractivity contribution in [3.8, 4) is 6.07 Å². The average molecular weight is 343 g/mol. The van der Waals surface area contributed by atoms with Crippen LogP contribution < -0.4 is 5.32 Å². The molecule has 1 aromatic carbocycles. The number of carbonyl (C=O) groups is 2. The van der Waals surface area contributed by atoms with Gasteiger partial charge in [0.2, 0.25) is 0 Å². The lowest BCUT2D eigenvalue weighted by Gasteiger charge is -2.20. The summed E-state index contributed by atoms with van der Waals surface area (Å²) in [6.07, 6.45) is 4.54. The van der Waals surface area contributed by atoms with Crippen LogP contribution in [0, 0.1) is 11.3 Å². The maximum atomic E-state index is 12.4. The van der Waals surface area contributed by atoms with E-state index in [1.807, 2.05) is 17.9 Å². The Balaban J connectivity index is 2.98. The van der Waals surface area contributed by atoms with Crippen LogP contribution in [0.25, 0.3) is 0 Å². The number of rotatable bonds is 9. The number of anilines is 1. The number of methoxy groups -OCH3 is 1. The maximum absolute atomic E-state index is 12.4. The Bertz CT molecular complexity index is 662. The van der Waals surface area contributed by atoms with Gasteiger partial charge in [-0.1, -0.05) is 32.4 Å². The van der Waals surface area contributed by atoms with Gasteiger partial charge in [-0.25, -0.2) is 4.79 Å². The molecule has 6 nitrogen and oxygen atoms in total. The third-order valence-electron chi connectivity index (χ3n) is 3.57. The highest BCUT2D eigenvalue weighted by Crippen LogP contribution is 2.17. The van der Waals surface area contributed by atoms with Gasteiger partial charge in [0, 0.05) is 19.3 Å². The number of nitriles is 1. The number of unbranched alkanes of at least 4 members (excludes halogenated alkanes) is 1. The molecule has 1 rings (SSSR count). The maximum Gasteiger partial charge on any atom is 0.339 e. The summed E-state index contributed by atoms with van der Waals surface area (Å²) in [5.74, 6) is -1.09. The van der Waals surface area contributed by atoms with Crippen LogP contribution in [0.15, 0.2) is 36.0 Å². The molecule has 0 fully saturated rings. The van der Waals surface area contributed by atoms with Crippen molar-refractivity contribution in [2.45, 2.75) is 33.1 Å². The van der Waals surface area contributed by atoms with Gasteiger partial charge in [0.1, 0.15) is 11.6 Å². The molecule has 0 spiro atoms. The zero-order chi connectivity index (χ0) is 18.7. The highest BCUT2D eigenvalue weighted by molar-refractivity contribution is 6.09. The van der Waals surface area contributed by atoms with Gasteiger partial charge in [-0.2, -0.15) is 5.26 Å². The van der Waals surface area contributed by atoms with Gasteiger partial charge in [-0.3, -0.25) is 4.79 Å². The van der Waals surface area contributed by atoms with E-state index in [0.29, 0.717) is 5.69 Å². The Labute approximate surface area is 149 Å². The Morgan fingerprint density at radius 1 is 1.24 bits per heavy atom.